The van der Waals surface area contributed by atoms with Crippen molar-refractivity contribution in [3.05, 3.63) is 0 Å². The molecular weight excluding hydrogens is 395 g/mol. The van der Waals surface area contributed by atoms with Gasteiger partial charge in [-0.2, -0.15) is 0 Å². The molecule has 6 heteroatoms. The molecule has 3 nitrogen and oxygen atoms in total. The van der Waals surface area contributed by atoms with Gasteiger partial charge in [-0.1, -0.05) is 0 Å². The first-order valence-corrected chi connectivity index (χ1v) is 1.98. The summed E-state index contributed by atoms with van der Waals surface area (Å²) in [5.74, 6) is 0. The minimum absolute atomic E-state index is 0. The number of hydrogen-bond acceptors (Lipinski definition) is 3. The first kappa shape index (κ1) is 22.4. The Balaban J connectivity index is -0.0000000417. The van der Waals surface area contributed by atoms with Gasteiger partial charge in [0.2, 0.25) is 0 Å². The molecule has 0 aromatic rings. The van der Waals surface area contributed by atoms with Gasteiger partial charge in [-0.3, -0.25) is 0 Å². The third-order valence-electron chi connectivity index (χ3n) is 0.500. The molecule has 63 valence electrons. The van der Waals surface area contributed by atoms with Crippen molar-refractivity contribution in [1.82, 2.24) is 0 Å². The van der Waals surface area contributed by atoms with Crippen LogP contribution in [0.4, 0.5) is 0 Å². The molecule has 1 radical (unpaired) electrons. The fourth-order valence-corrected chi connectivity index (χ4v) is 0.192. The van der Waals surface area contributed by atoms with Crippen LogP contribution in [0.15, 0.2) is 0 Å². The molecule has 0 saturated heterocycles. The van der Waals surface area contributed by atoms with Gasteiger partial charge < -0.3 is 65.2 Å². The molecule has 0 aromatic carbocycles. The second-order valence-corrected chi connectivity index (χ2v) is 1.24. The molecule has 0 aliphatic rings. The molecule has 9 heavy (non-hydrogen) atoms. The fourth-order valence-electron chi connectivity index (χ4n) is 0.192. The Kier molecular flexibility index (Phi) is 41.0. The van der Waals surface area contributed by atoms with E-state index in [0.29, 0.717) is 13.0 Å². The van der Waals surface area contributed by atoms with Gasteiger partial charge in [0.25, 0.3) is 0 Å². The molecule has 0 aliphatic heterocycles. The van der Waals surface area contributed by atoms with Crippen LogP contribution >= 0.6 is 0 Å². The van der Waals surface area contributed by atoms with Crippen LogP contribution in [0.3, 0.4) is 0 Å². The molecule has 0 spiro atoms. The molecular formula is C3H11CuI2N3. The Bertz CT molecular complexity index is 38.2. The van der Waals surface area contributed by atoms with Crippen LogP contribution in [0, 0.1) is 0 Å². The Morgan fingerprint density at radius 2 is 1.44 bits per heavy atom. The van der Waals surface area contributed by atoms with Crippen molar-refractivity contribution in [2.75, 3.05) is 6.54 Å². The molecule has 0 bridgehead atoms. The van der Waals surface area contributed by atoms with Crippen molar-refractivity contribution in [3.8, 4) is 0 Å². The normalized spacial score (nSPS) is 6.67. The van der Waals surface area contributed by atoms with E-state index in [2.05, 4.69) is 0 Å². The summed E-state index contributed by atoms with van der Waals surface area (Å²) < 4.78 is 0. The van der Waals surface area contributed by atoms with E-state index in [-0.39, 0.29) is 71.2 Å². The molecule has 0 fully saturated rings. The maximum absolute atomic E-state index is 5.10. The Morgan fingerprint density at radius 1 is 1.11 bits per heavy atom. The monoisotopic (exact) mass is 406 g/mol. The zero-order valence-electron chi connectivity index (χ0n) is 4.78. The molecule has 0 aromatic heterocycles. The maximum atomic E-state index is 5.10. The molecule has 0 heterocycles. The van der Waals surface area contributed by atoms with Crippen LogP contribution < -0.4 is 65.2 Å². The number of nitrogens with two attached hydrogens (primary N) is 3. The first-order chi connectivity index (χ1) is 2.77. The van der Waals surface area contributed by atoms with E-state index < -0.39 is 0 Å². The topological polar surface area (TPSA) is 78.1 Å². The summed E-state index contributed by atoms with van der Waals surface area (Å²) in [6.45, 7) is 0.581. The molecule has 0 amide bonds. The SMILES string of the molecule is NCCC(N)N.[Cu+2].[I-].[I-]. The average molecular weight is 406 g/mol. The van der Waals surface area contributed by atoms with E-state index in [9.17, 15) is 0 Å². The van der Waals surface area contributed by atoms with E-state index in [4.69, 9.17) is 17.2 Å². The van der Waals surface area contributed by atoms with E-state index in [0.717, 1.165) is 0 Å². The quantitative estimate of drug-likeness (QED) is 0.242. The average Bonchev–Trinajstić information content (AvgIpc) is 1.35. The van der Waals surface area contributed by atoms with Gasteiger partial charge in [-0.15, -0.1) is 0 Å². The third kappa shape index (κ3) is 25.8. The third-order valence-corrected chi connectivity index (χ3v) is 0.500. The molecule has 0 aliphatic carbocycles. The van der Waals surface area contributed by atoms with Gasteiger partial charge in [-0.05, 0) is 13.0 Å². The Labute approximate surface area is 100 Å². The summed E-state index contributed by atoms with van der Waals surface area (Å²) in [7, 11) is 0. The van der Waals surface area contributed by atoms with Crippen LogP contribution in [-0.2, 0) is 17.1 Å². The second kappa shape index (κ2) is 16.4. The number of halogens is 2. The molecule has 0 rings (SSSR count). The van der Waals surface area contributed by atoms with Crippen molar-refractivity contribution < 1.29 is 65.0 Å². The molecule has 0 saturated carbocycles. The van der Waals surface area contributed by atoms with E-state index in [1.165, 1.54) is 0 Å². The predicted octanol–water partition coefficient (Wildman–Crippen LogP) is -7.42. The van der Waals surface area contributed by atoms with Crippen molar-refractivity contribution in [1.29, 1.82) is 0 Å². The van der Waals surface area contributed by atoms with Gasteiger partial charge in [0.15, 0.2) is 0 Å². The summed E-state index contributed by atoms with van der Waals surface area (Å²) in [6.07, 6.45) is 0.481. The van der Waals surface area contributed by atoms with E-state index in [1.54, 1.807) is 0 Å². The van der Waals surface area contributed by atoms with Crippen LogP contribution in [0.2, 0.25) is 0 Å². The molecule has 6 N–H and O–H groups in total. The smallest absolute Gasteiger partial charge is 1.00 e. The van der Waals surface area contributed by atoms with Crippen LogP contribution in [0.5, 0.6) is 0 Å². The predicted molar refractivity (Wildman–Crippen MR) is 25.8 cm³/mol. The minimum atomic E-state index is -0.227. The van der Waals surface area contributed by atoms with E-state index in [1.807, 2.05) is 0 Å². The van der Waals surface area contributed by atoms with Gasteiger partial charge in [0, 0.05) is 0 Å². The molecule has 0 unspecified atom stereocenters. The summed E-state index contributed by atoms with van der Waals surface area (Å²) in [4.78, 5) is 0. The maximum Gasteiger partial charge on any atom is 2.00 e. The fraction of sp³-hybridized carbons (Fsp3) is 1.00. The minimum Gasteiger partial charge on any atom is -1.00 e. The van der Waals surface area contributed by atoms with Crippen LogP contribution in [0.25, 0.3) is 0 Å². The van der Waals surface area contributed by atoms with Crippen molar-refractivity contribution in [2.24, 2.45) is 17.2 Å². The van der Waals surface area contributed by atoms with E-state index >= 15 is 0 Å². The largest absolute Gasteiger partial charge is 2.00 e. The second-order valence-electron chi connectivity index (χ2n) is 1.24. The Hall–Kier alpha value is 1.86. The number of hydrogen-bond donors (Lipinski definition) is 3. The standard InChI is InChI=1S/C3H11N3.Cu.2HI/c4-2-1-3(5)6;;;/h3H,1-2,4-6H2;;2*1H/q;+2;;/p-2. The van der Waals surface area contributed by atoms with Crippen molar-refractivity contribution in [3.63, 3.8) is 0 Å². The van der Waals surface area contributed by atoms with Crippen LogP contribution in [0.1, 0.15) is 6.42 Å². The first-order valence-electron chi connectivity index (χ1n) is 1.98. The van der Waals surface area contributed by atoms with Gasteiger partial charge >= 0.3 is 17.1 Å². The number of rotatable bonds is 2. The van der Waals surface area contributed by atoms with Gasteiger partial charge in [0.05, 0.1) is 6.17 Å². The summed E-state index contributed by atoms with van der Waals surface area (Å²) >= 11 is 0. The van der Waals surface area contributed by atoms with Crippen molar-refractivity contribution >= 4 is 0 Å². The summed E-state index contributed by atoms with van der Waals surface area (Å²) in [5, 5.41) is 0. The summed E-state index contributed by atoms with van der Waals surface area (Å²) in [5.41, 5.74) is 15.3. The summed E-state index contributed by atoms with van der Waals surface area (Å²) in [6, 6.07) is 0. The van der Waals surface area contributed by atoms with Crippen LogP contribution in [-0.4, -0.2) is 12.7 Å². The van der Waals surface area contributed by atoms with Gasteiger partial charge in [0.1, 0.15) is 0 Å². The molecule has 0 atom stereocenters. The Morgan fingerprint density at radius 3 is 1.44 bits per heavy atom. The van der Waals surface area contributed by atoms with Gasteiger partial charge in [-0.25, -0.2) is 0 Å². The van der Waals surface area contributed by atoms with Crippen molar-refractivity contribution in [2.45, 2.75) is 12.6 Å². The zero-order chi connectivity index (χ0) is 4.99. The zero-order valence-corrected chi connectivity index (χ0v) is 10.0.